The summed E-state index contributed by atoms with van der Waals surface area (Å²) in [5, 5.41) is 6.44. The molecule has 1 amide bonds. The van der Waals surface area contributed by atoms with Crippen LogP contribution >= 0.6 is 34.5 Å². The molecule has 4 aromatic rings. The first-order valence-electron chi connectivity index (χ1n) is 13.6. The van der Waals surface area contributed by atoms with Crippen molar-refractivity contribution in [3.8, 4) is 0 Å². The minimum absolute atomic E-state index is 0.0606. The highest BCUT2D eigenvalue weighted by molar-refractivity contribution is 7.16. The fourth-order valence-corrected chi connectivity index (χ4v) is 7.40. The largest absolute Gasteiger partial charge is 0.349 e. The molecule has 2 aromatic heterocycles. The number of nitrogens with one attached hydrogen (secondary N) is 1. The number of hydrogen-bond donors (Lipinski definition) is 1. The molecule has 2 heterocycles. The van der Waals surface area contributed by atoms with Gasteiger partial charge >= 0.3 is 0 Å². The average molecular weight is 565 g/mol. The van der Waals surface area contributed by atoms with Gasteiger partial charge in [0.05, 0.1) is 15.6 Å². The molecule has 0 atom stereocenters. The summed E-state index contributed by atoms with van der Waals surface area (Å²) in [6.07, 6.45) is 14.2. The fourth-order valence-electron chi connectivity index (χ4n) is 5.85. The smallest absolute Gasteiger partial charge is 0.254 e. The summed E-state index contributed by atoms with van der Waals surface area (Å²) < 4.78 is 2.21. The van der Waals surface area contributed by atoms with Crippen molar-refractivity contribution in [1.82, 2.24) is 9.88 Å². The molecule has 1 N–H and O–H groups in total. The molecule has 6 rings (SSSR count). The van der Waals surface area contributed by atoms with Gasteiger partial charge in [-0.2, -0.15) is 0 Å². The first kappa shape index (κ1) is 25.7. The molecule has 196 valence electrons. The Morgan fingerprint density at radius 1 is 1.03 bits per heavy atom. The van der Waals surface area contributed by atoms with Gasteiger partial charge in [0.2, 0.25) is 0 Å². The van der Waals surface area contributed by atoms with Crippen LogP contribution in [0.5, 0.6) is 0 Å². The van der Waals surface area contributed by atoms with Gasteiger partial charge in [0.15, 0.2) is 0 Å². The second-order valence-electron chi connectivity index (χ2n) is 10.4. The fraction of sp³-hybridized carbons (Fsp3) is 0.355. The number of carbonyl (C=O) groups excluding carboxylic acids is 1. The summed E-state index contributed by atoms with van der Waals surface area (Å²) in [7, 11) is 0. The number of fused-ring (bicyclic) bond motifs is 2. The Morgan fingerprint density at radius 2 is 1.84 bits per heavy atom. The maximum Gasteiger partial charge on any atom is 0.254 e. The number of carbonyl (C=O) groups is 1. The van der Waals surface area contributed by atoms with E-state index in [9.17, 15) is 4.79 Å². The summed E-state index contributed by atoms with van der Waals surface area (Å²) in [6, 6.07) is 14.4. The van der Waals surface area contributed by atoms with Crippen LogP contribution in [0.3, 0.4) is 0 Å². The third-order valence-electron chi connectivity index (χ3n) is 7.80. The summed E-state index contributed by atoms with van der Waals surface area (Å²) in [5.74, 6) is 0.0606. The van der Waals surface area contributed by atoms with Gasteiger partial charge < -0.3 is 9.88 Å². The summed E-state index contributed by atoms with van der Waals surface area (Å²) in [4.78, 5) is 19.9. The molecular weight excluding hydrogens is 533 g/mol. The molecule has 38 heavy (non-hydrogen) atoms. The minimum Gasteiger partial charge on any atom is -0.349 e. The predicted molar refractivity (Wildman–Crippen MR) is 160 cm³/mol. The molecule has 7 heteroatoms. The van der Waals surface area contributed by atoms with E-state index in [1.807, 2.05) is 24.4 Å². The molecule has 2 aromatic carbocycles. The van der Waals surface area contributed by atoms with Gasteiger partial charge in [0.1, 0.15) is 5.00 Å². The Hall–Kier alpha value is -2.60. The minimum atomic E-state index is 0.0606. The molecule has 2 aliphatic rings. The number of hydrogen-bond acceptors (Lipinski definition) is 3. The standard InChI is InChI=1S/C31H31Cl2N3OS/c32-25-15-14-20(16-26(25)33)18-36-19-21(23-10-4-6-12-27(23)36)17-34-31-29(24-11-5-7-13-28(24)38-31)30(37)35-22-8-2-1-3-9-22/h4,6,10,12,14-17,19,22H,1-3,5,7-9,11,13,18H2,(H,35,37). The number of para-hydroxylation sites is 1. The summed E-state index contributed by atoms with van der Waals surface area (Å²) in [5.41, 5.74) is 5.28. The molecule has 0 spiro atoms. The lowest BCUT2D eigenvalue weighted by atomic mass is 9.93. The van der Waals surface area contributed by atoms with E-state index in [0.29, 0.717) is 16.6 Å². The van der Waals surface area contributed by atoms with Crippen LogP contribution in [-0.4, -0.2) is 22.7 Å². The van der Waals surface area contributed by atoms with E-state index in [1.165, 1.54) is 36.1 Å². The van der Waals surface area contributed by atoms with Crippen molar-refractivity contribution >= 4 is 62.6 Å². The molecule has 2 aliphatic carbocycles. The normalized spacial score (nSPS) is 16.3. The predicted octanol–water partition coefficient (Wildman–Crippen LogP) is 8.75. The lowest BCUT2D eigenvalue weighted by molar-refractivity contribution is 0.0927. The number of thiophene rings is 1. The van der Waals surface area contributed by atoms with Crippen molar-refractivity contribution in [3.63, 3.8) is 0 Å². The van der Waals surface area contributed by atoms with Gasteiger partial charge in [-0.1, -0.05) is 66.7 Å². The van der Waals surface area contributed by atoms with Gasteiger partial charge in [-0.05, 0) is 67.9 Å². The lowest BCUT2D eigenvalue weighted by Crippen LogP contribution is -2.36. The third kappa shape index (κ3) is 5.29. The molecule has 4 nitrogen and oxygen atoms in total. The SMILES string of the molecule is O=C(NC1CCCCC1)c1c(N=Cc2cn(Cc3ccc(Cl)c(Cl)c3)c3ccccc23)sc2c1CCCC2. The van der Waals surface area contributed by atoms with E-state index in [2.05, 4.69) is 40.3 Å². The number of halogens is 2. The van der Waals surface area contributed by atoms with E-state index in [0.717, 1.165) is 64.7 Å². The van der Waals surface area contributed by atoms with Crippen molar-refractivity contribution in [3.05, 3.63) is 85.8 Å². The Balaban J connectivity index is 1.33. The molecule has 0 aliphatic heterocycles. The van der Waals surface area contributed by atoms with Crippen LogP contribution in [0.15, 0.2) is 53.7 Å². The van der Waals surface area contributed by atoms with Gasteiger partial charge in [-0.15, -0.1) is 11.3 Å². The molecular formula is C31H31Cl2N3OS. The van der Waals surface area contributed by atoms with Crippen LogP contribution in [0.25, 0.3) is 10.9 Å². The van der Waals surface area contributed by atoms with Crippen molar-refractivity contribution < 1.29 is 4.79 Å². The van der Waals surface area contributed by atoms with Crippen LogP contribution in [0.1, 0.15) is 76.9 Å². The van der Waals surface area contributed by atoms with Gasteiger partial charge in [0.25, 0.3) is 5.91 Å². The van der Waals surface area contributed by atoms with Crippen molar-refractivity contribution in [2.24, 2.45) is 4.99 Å². The topological polar surface area (TPSA) is 46.4 Å². The highest BCUT2D eigenvalue weighted by Gasteiger charge is 2.27. The number of aliphatic imine (C=N–C) groups is 1. The average Bonchev–Trinajstić information content (AvgIpc) is 3.48. The summed E-state index contributed by atoms with van der Waals surface area (Å²) >= 11 is 14.1. The molecule has 0 bridgehead atoms. The number of nitrogens with zero attached hydrogens (tertiary/aromatic N) is 2. The molecule has 1 fully saturated rings. The first-order valence-corrected chi connectivity index (χ1v) is 15.2. The van der Waals surface area contributed by atoms with Crippen molar-refractivity contribution in [1.29, 1.82) is 0 Å². The Bertz CT molecular complexity index is 1510. The monoisotopic (exact) mass is 563 g/mol. The van der Waals surface area contributed by atoms with Gasteiger partial charge in [-0.3, -0.25) is 4.79 Å². The highest BCUT2D eigenvalue weighted by atomic mass is 35.5. The Kier molecular flexibility index (Phi) is 7.60. The number of rotatable bonds is 6. The molecule has 1 saturated carbocycles. The van der Waals surface area contributed by atoms with E-state index < -0.39 is 0 Å². The van der Waals surface area contributed by atoms with Gasteiger partial charge in [0, 0.05) is 46.3 Å². The van der Waals surface area contributed by atoms with Crippen molar-refractivity contribution in [2.75, 3.05) is 0 Å². The number of aromatic nitrogens is 1. The molecule has 0 radical (unpaired) electrons. The third-order valence-corrected chi connectivity index (χ3v) is 9.74. The van der Waals surface area contributed by atoms with E-state index in [-0.39, 0.29) is 11.9 Å². The second kappa shape index (κ2) is 11.3. The Morgan fingerprint density at radius 3 is 2.68 bits per heavy atom. The zero-order valence-corrected chi connectivity index (χ0v) is 23.6. The molecule has 0 unspecified atom stereocenters. The van der Waals surface area contributed by atoms with Crippen LogP contribution in [0.4, 0.5) is 5.00 Å². The zero-order valence-electron chi connectivity index (χ0n) is 21.3. The lowest BCUT2D eigenvalue weighted by Gasteiger charge is -2.23. The number of amides is 1. The Labute approximate surface area is 237 Å². The quantitative estimate of drug-likeness (QED) is 0.234. The van der Waals surface area contributed by atoms with Gasteiger partial charge in [-0.25, -0.2) is 4.99 Å². The van der Waals surface area contributed by atoms with E-state index in [1.54, 1.807) is 11.3 Å². The number of benzene rings is 2. The van der Waals surface area contributed by atoms with Crippen LogP contribution < -0.4 is 5.32 Å². The zero-order chi connectivity index (χ0) is 26.1. The first-order chi connectivity index (χ1) is 18.6. The van der Waals surface area contributed by atoms with Crippen molar-refractivity contribution in [2.45, 2.75) is 70.4 Å². The van der Waals surface area contributed by atoms with Crippen LogP contribution in [0.2, 0.25) is 10.0 Å². The van der Waals surface area contributed by atoms with E-state index in [4.69, 9.17) is 28.2 Å². The maximum atomic E-state index is 13.5. The van der Waals surface area contributed by atoms with Crippen LogP contribution in [-0.2, 0) is 19.4 Å². The maximum absolute atomic E-state index is 13.5. The summed E-state index contributed by atoms with van der Waals surface area (Å²) in [6.45, 7) is 0.674. The second-order valence-corrected chi connectivity index (χ2v) is 12.3. The number of aryl methyl sites for hydroxylation is 1. The van der Waals surface area contributed by atoms with E-state index >= 15 is 0 Å². The highest BCUT2D eigenvalue weighted by Crippen LogP contribution is 2.40. The molecule has 0 saturated heterocycles. The van der Waals surface area contributed by atoms with Crippen LogP contribution in [0, 0.1) is 0 Å².